The summed E-state index contributed by atoms with van der Waals surface area (Å²) in [5.41, 5.74) is 3.45. The van der Waals surface area contributed by atoms with Gasteiger partial charge in [0, 0.05) is 17.2 Å². The Kier molecular flexibility index (Phi) is 4.40. The minimum absolute atomic E-state index is 0.0474. The zero-order valence-electron chi connectivity index (χ0n) is 12.0. The Morgan fingerprint density at radius 3 is 3.18 bits per heavy atom. The Morgan fingerprint density at radius 1 is 1.50 bits per heavy atom. The smallest absolute Gasteiger partial charge is 0.340 e. The number of esters is 1. The molecule has 1 aliphatic heterocycles. The second-order valence-electron chi connectivity index (χ2n) is 4.94. The summed E-state index contributed by atoms with van der Waals surface area (Å²) in [5, 5.41) is 3.23. The Bertz CT molecular complexity index is 706. The van der Waals surface area contributed by atoms with Crippen LogP contribution in [0.4, 0.5) is 5.69 Å². The number of aromatic nitrogens is 1. The molecule has 6 heteroatoms. The Hall–Kier alpha value is -1.92. The molecule has 1 unspecified atom stereocenters. The standard InChI is InChI=1S/C16H15BrN2O3/c1-21-16(20)13-4-5-18-7-14(13)19-8-15-12-3-2-11(17)6-10(12)9-22-15/h2-7,15,19H,8-9H2,1H3. The summed E-state index contributed by atoms with van der Waals surface area (Å²) in [4.78, 5) is 15.8. The maximum atomic E-state index is 11.7. The predicted octanol–water partition coefficient (Wildman–Crippen LogP) is 3.31. The first kappa shape index (κ1) is 15.0. The number of nitrogens with zero attached hydrogens (tertiary/aromatic N) is 1. The minimum Gasteiger partial charge on any atom is -0.465 e. The molecule has 5 nitrogen and oxygen atoms in total. The Morgan fingerprint density at radius 2 is 2.36 bits per heavy atom. The van der Waals surface area contributed by atoms with E-state index in [2.05, 4.69) is 38.4 Å². The van der Waals surface area contributed by atoms with E-state index >= 15 is 0 Å². The van der Waals surface area contributed by atoms with E-state index in [1.807, 2.05) is 6.07 Å². The van der Waals surface area contributed by atoms with Gasteiger partial charge < -0.3 is 14.8 Å². The Labute approximate surface area is 136 Å². The molecule has 1 aromatic heterocycles. The number of hydrogen-bond acceptors (Lipinski definition) is 5. The molecule has 1 N–H and O–H groups in total. The average molecular weight is 363 g/mol. The maximum Gasteiger partial charge on any atom is 0.340 e. The number of nitrogens with one attached hydrogen (secondary N) is 1. The van der Waals surface area contributed by atoms with Gasteiger partial charge in [-0.25, -0.2) is 4.79 Å². The molecule has 0 radical (unpaired) electrons. The zero-order chi connectivity index (χ0) is 15.5. The van der Waals surface area contributed by atoms with Crippen LogP contribution in [-0.2, 0) is 16.1 Å². The number of carbonyl (C=O) groups excluding carboxylic acids is 1. The van der Waals surface area contributed by atoms with Gasteiger partial charge in [-0.05, 0) is 29.3 Å². The van der Waals surface area contributed by atoms with Crippen molar-refractivity contribution in [1.82, 2.24) is 4.98 Å². The first-order valence-corrected chi connectivity index (χ1v) is 7.64. The highest BCUT2D eigenvalue weighted by Crippen LogP contribution is 2.32. The van der Waals surface area contributed by atoms with E-state index in [9.17, 15) is 4.79 Å². The highest BCUT2D eigenvalue weighted by molar-refractivity contribution is 9.10. The van der Waals surface area contributed by atoms with Crippen molar-refractivity contribution in [2.24, 2.45) is 0 Å². The highest BCUT2D eigenvalue weighted by Gasteiger charge is 2.23. The van der Waals surface area contributed by atoms with Crippen LogP contribution in [0.1, 0.15) is 27.6 Å². The molecule has 22 heavy (non-hydrogen) atoms. The molecule has 1 aromatic carbocycles. The van der Waals surface area contributed by atoms with Crippen molar-refractivity contribution in [3.05, 3.63) is 57.8 Å². The van der Waals surface area contributed by atoms with Gasteiger partial charge in [0.15, 0.2) is 0 Å². The molecule has 0 aliphatic carbocycles. The van der Waals surface area contributed by atoms with Crippen molar-refractivity contribution in [2.75, 3.05) is 19.0 Å². The minimum atomic E-state index is -0.387. The normalized spacial score (nSPS) is 16.2. The van der Waals surface area contributed by atoms with Gasteiger partial charge in [-0.1, -0.05) is 22.0 Å². The monoisotopic (exact) mass is 362 g/mol. The summed E-state index contributed by atoms with van der Waals surface area (Å²) in [6.45, 7) is 1.16. The summed E-state index contributed by atoms with van der Waals surface area (Å²) >= 11 is 3.46. The molecule has 2 heterocycles. The lowest BCUT2D eigenvalue weighted by Crippen LogP contribution is -2.15. The fourth-order valence-corrected chi connectivity index (χ4v) is 2.90. The van der Waals surface area contributed by atoms with Gasteiger partial charge >= 0.3 is 5.97 Å². The number of hydrogen-bond donors (Lipinski definition) is 1. The van der Waals surface area contributed by atoms with E-state index < -0.39 is 0 Å². The number of carbonyl (C=O) groups is 1. The lowest BCUT2D eigenvalue weighted by molar-refractivity contribution is 0.0600. The molecule has 1 aliphatic rings. The van der Waals surface area contributed by atoms with Crippen LogP contribution < -0.4 is 5.32 Å². The van der Waals surface area contributed by atoms with Gasteiger partial charge in [0.1, 0.15) is 6.10 Å². The fourth-order valence-electron chi connectivity index (χ4n) is 2.49. The summed E-state index contributed by atoms with van der Waals surface area (Å²) in [6.07, 6.45) is 3.13. The number of fused-ring (bicyclic) bond motifs is 1. The Balaban J connectivity index is 1.74. The molecule has 0 amide bonds. The van der Waals surface area contributed by atoms with Gasteiger partial charge in [-0.15, -0.1) is 0 Å². The van der Waals surface area contributed by atoms with Crippen LogP contribution in [-0.4, -0.2) is 24.6 Å². The lowest BCUT2D eigenvalue weighted by atomic mass is 10.1. The molecule has 0 fully saturated rings. The predicted molar refractivity (Wildman–Crippen MR) is 85.7 cm³/mol. The maximum absolute atomic E-state index is 11.7. The van der Waals surface area contributed by atoms with Crippen LogP contribution in [0.5, 0.6) is 0 Å². The number of halogens is 1. The number of ether oxygens (including phenoxy) is 2. The largest absolute Gasteiger partial charge is 0.465 e. The molecule has 0 saturated heterocycles. The molecule has 1 atom stereocenters. The molecule has 3 rings (SSSR count). The first-order valence-electron chi connectivity index (χ1n) is 6.85. The molecule has 114 valence electrons. The third-order valence-corrected chi connectivity index (χ3v) is 4.09. The third kappa shape index (κ3) is 2.98. The van der Waals surface area contributed by atoms with Crippen LogP contribution in [0, 0.1) is 0 Å². The van der Waals surface area contributed by atoms with E-state index in [0.717, 1.165) is 4.47 Å². The summed E-state index contributed by atoms with van der Waals surface area (Å²) in [5.74, 6) is -0.387. The fraction of sp³-hybridized carbons (Fsp3) is 0.250. The number of rotatable bonds is 4. The van der Waals surface area contributed by atoms with Gasteiger partial charge in [0.2, 0.25) is 0 Å². The molecular formula is C16H15BrN2O3. The van der Waals surface area contributed by atoms with Crippen LogP contribution in [0.3, 0.4) is 0 Å². The summed E-state index contributed by atoms with van der Waals surface area (Å²) in [7, 11) is 1.36. The number of anilines is 1. The van der Waals surface area contributed by atoms with Crippen LogP contribution in [0.2, 0.25) is 0 Å². The molecule has 0 spiro atoms. The van der Waals surface area contributed by atoms with E-state index in [1.165, 1.54) is 18.2 Å². The van der Waals surface area contributed by atoms with Crippen LogP contribution in [0.25, 0.3) is 0 Å². The zero-order valence-corrected chi connectivity index (χ0v) is 13.6. The van der Waals surface area contributed by atoms with Crippen molar-refractivity contribution >= 4 is 27.6 Å². The summed E-state index contributed by atoms with van der Waals surface area (Å²) in [6, 6.07) is 7.77. The molecule has 2 aromatic rings. The molecular weight excluding hydrogens is 348 g/mol. The van der Waals surface area contributed by atoms with E-state index in [0.29, 0.717) is 24.4 Å². The summed E-state index contributed by atoms with van der Waals surface area (Å²) < 4.78 is 11.6. The quantitative estimate of drug-likeness (QED) is 0.845. The number of benzene rings is 1. The van der Waals surface area contributed by atoms with Crippen LogP contribution >= 0.6 is 15.9 Å². The van der Waals surface area contributed by atoms with E-state index in [4.69, 9.17) is 9.47 Å². The second-order valence-corrected chi connectivity index (χ2v) is 5.85. The van der Waals surface area contributed by atoms with Crippen molar-refractivity contribution in [1.29, 1.82) is 0 Å². The molecule has 0 saturated carbocycles. The van der Waals surface area contributed by atoms with Gasteiger partial charge in [0.25, 0.3) is 0 Å². The average Bonchev–Trinajstić information content (AvgIpc) is 2.94. The van der Waals surface area contributed by atoms with Crippen molar-refractivity contribution in [3.8, 4) is 0 Å². The second kappa shape index (κ2) is 6.46. The topological polar surface area (TPSA) is 60.5 Å². The lowest BCUT2D eigenvalue weighted by Gasteiger charge is -2.15. The van der Waals surface area contributed by atoms with Gasteiger partial charge in [-0.2, -0.15) is 0 Å². The highest BCUT2D eigenvalue weighted by atomic mass is 79.9. The number of pyridine rings is 1. The van der Waals surface area contributed by atoms with Crippen molar-refractivity contribution in [3.63, 3.8) is 0 Å². The van der Waals surface area contributed by atoms with Crippen molar-refractivity contribution < 1.29 is 14.3 Å². The molecule has 0 bridgehead atoms. The van der Waals surface area contributed by atoms with Crippen molar-refractivity contribution in [2.45, 2.75) is 12.7 Å². The first-order chi connectivity index (χ1) is 10.7. The number of methoxy groups -OCH3 is 1. The van der Waals surface area contributed by atoms with E-state index in [-0.39, 0.29) is 12.1 Å². The van der Waals surface area contributed by atoms with E-state index in [1.54, 1.807) is 18.5 Å². The van der Waals surface area contributed by atoms with Gasteiger partial charge in [-0.3, -0.25) is 4.98 Å². The van der Waals surface area contributed by atoms with Gasteiger partial charge in [0.05, 0.1) is 31.2 Å². The third-order valence-electron chi connectivity index (χ3n) is 3.60. The van der Waals surface area contributed by atoms with Crippen LogP contribution in [0.15, 0.2) is 41.1 Å². The SMILES string of the molecule is COC(=O)c1ccncc1NCC1OCc2cc(Br)ccc21.